The molecule has 1 aromatic heterocycles. The summed E-state index contributed by atoms with van der Waals surface area (Å²) in [5.74, 6) is 0.939. The molecule has 5 nitrogen and oxygen atoms in total. The van der Waals surface area contributed by atoms with Crippen molar-refractivity contribution in [1.29, 1.82) is 0 Å². The zero-order chi connectivity index (χ0) is 15.3. The Labute approximate surface area is 125 Å². The van der Waals surface area contributed by atoms with E-state index >= 15 is 0 Å². The molecule has 21 heavy (non-hydrogen) atoms. The molecule has 0 unspecified atom stereocenters. The summed E-state index contributed by atoms with van der Waals surface area (Å²) < 4.78 is 0. The van der Waals surface area contributed by atoms with Crippen molar-refractivity contribution in [3.63, 3.8) is 0 Å². The smallest absolute Gasteiger partial charge is 0.227 e. The van der Waals surface area contributed by atoms with Gasteiger partial charge in [-0.05, 0) is 25.0 Å². The molecule has 2 rings (SSSR count). The van der Waals surface area contributed by atoms with E-state index in [1.165, 1.54) is 0 Å². The molecule has 1 aromatic carbocycles. The van der Waals surface area contributed by atoms with Crippen molar-refractivity contribution in [1.82, 2.24) is 15.3 Å². The second kappa shape index (κ2) is 6.72. The number of hydrogen-bond donors (Lipinski definition) is 3. The number of rotatable bonds is 7. The first-order valence-electron chi connectivity index (χ1n) is 7.57. The van der Waals surface area contributed by atoms with Crippen molar-refractivity contribution >= 4 is 16.9 Å². The number of H-pyrrole nitrogens is 1. The molecule has 4 N–H and O–H groups in total. The maximum absolute atomic E-state index is 12.3. The molecule has 0 bridgehead atoms. The van der Waals surface area contributed by atoms with Gasteiger partial charge in [-0.3, -0.25) is 4.79 Å². The van der Waals surface area contributed by atoms with Crippen LogP contribution in [0.2, 0.25) is 0 Å². The Morgan fingerprint density at radius 1 is 1.33 bits per heavy atom. The topological polar surface area (TPSA) is 83.8 Å². The predicted molar refractivity (Wildman–Crippen MR) is 84.9 cm³/mol. The number of nitrogens with two attached hydrogens (primary N) is 1. The highest BCUT2D eigenvalue weighted by Gasteiger charge is 2.32. The third-order valence-corrected chi connectivity index (χ3v) is 4.31. The van der Waals surface area contributed by atoms with Crippen molar-refractivity contribution in [2.75, 3.05) is 13.1 Å². The zero-order valence-corrected chi connectivity index (χ0v) is 12.8. The number of fused-ring (bicyclic) bond motifs is 1. The van der Waals surface area contributed by atoms with Crippen LogP contribution in [0, 0.1) is 5.41 Å². The minimum absolute atomic E-state index is 0.0473. The molecular weight excluding hydrogens is 264 g/mol. The van der Waals surface area contributed by atoms with Gasteiger partial charge in [0.15, 0.2) is 0 Å². The quantitative estimate of drug-likeness (QED) is 0.728. The number of para-hydroxylation sites is 2. The molecular formula is C16H24N4O. The molecule has 0 aliphatic carbocycles. The summed E-state index contributed by atoms with van der Waals surface area (Å²) in [7, 11) is 0. The van der Waals surface area contributed by atoms with Gasteiger partial charge in [0.2, 0.25) is 5.91 Å². The summed E-state index contributed by atoms with van der Waals surface area (Å²) >= 11 is 0. The Bertz CT molecular complexity index is 560. The van der Waals surface area contributed by atoms with Crippen molar-refractivity contribution in [3.8, 4) is 0 Å². The van der Waals surface area contributed by atoms with Gasteiger partial charge in [-0.2, -0.15) is 0 Å². The lowest BCUT2D eigenvalue weighted by Crippen LogP contribution is -2.45. The van der Waals surface area contributed by atoms with Gasteiger partial charge in [0.1, 0.15) is 5.82 Å². The fourth-order valence-electron chi connectivity index (χ4n) is 2.56. The highest BCUT2D eigenvalue weighted by atomic mass is 16.2. The largest absolute Gasteiger partial charge is 0.355 e. The number of benzene rings is 1. The van der Waals surface area contributed by atoms with E-state index in [-0.39, 0.29) is 5.91 Å². The zero-order valence-electron chi connectivity index (χ0n) is 12.8. The van der Waals surface area contributed by atoms with E-state index in [0.29, 0.717) is 19.5 Å². The molecule has 0 saturated heterocycles. The molecule has 1 amide bonds. The predicted octanol–water partition coefficient (Wildman–Crippen LogP) is 1.99. The lowest BCUT2D eigenvalue weighted by Gasteiger charge is -2.28. The molecule has 0 saturated carbocycles. The van der Waals surface area contributed by atoms with E-state index in [1.54, 1.807) is 0 Å². The Balaban J connectivity index is 1.93. The molecule has 1 heterocycles. The second-order valence-electron chi connectivity index (χ2n) is 5.40. The first kappa shape index (κ1) is 15.5. The van der Waals surface area contributed by atoms with Gasteiger partial charge in [-0.1, -0.05) is 26.0 Å². The summed E-state index contributed by atoms with van der Waals surface area (Å²) in [5.41, 5.74) is 7.33. The monoisotopic (exact) mass is 288 g/mol. The third-order valence-electron chi connectivity index (χ3n) is 4.31. The van der Waals surface area contributed by atoms with Gasteiger partial charge >= 0.3 is 0 Å². The van der Waals surface area contributed by atoms with Crippen LogP contribution in [0.3, 0.4) is 0 Å². The summed E-state index contributed by atoms with van der Waals surface area (Å²) in [5, 5.41) is 2.99. The van der Waals surface area contributed by atoms with Gasteiger partial charge in [0.25, 0.3) is 0 Å². The standard InChI is InChI=1S/C16H24N4O/c1-3-16(4-2,11-17)15(21)18-10-9-14-19-12-7-5-6-8-13(12)20-14/h5-8H,3-4,9-11,17H2,1-2H3,(H,18,21)(H,19,20). The summed E-state index contributed by atoms with van der Waals surface area (Å²) in [4.78, 5) is 20.1. The van der Waals surface area contributed by atoms with Crippen molar-refractivity contribution in [3.05, 3.63) is 30.1 Å². The first-order valence-corrected chi connectivity index (χ1v) is 7.57. The minimum Gasteiger partial charge on any atom is -0.355 e. The number of aromatic nitrogens is 2. The van der Waals surface area contributed by atoms with E-state index in [4.69, 9.17) is 5.73 Å². The van der Waals surface area contributed by atoms with E-state index in [1.807, 2.05) is 38.1 Å². The Morgan fingerprint density at radius 3 is 2.67 bits per heavy atom. The Morgan fingerprint density at radius 2 is 2.05 bits per heavy atom. The van der Waals surface area contributed by atoms with Crippen LogP contribution in [0.1, 0.15) is 32.5 Å². The highest BCUT2D eigenvalue weighted by molar-refractivity contribution is 5.82. The van der Waals surface area contributed by atoms with Gasteiger partial charge in [-0.15, -0.1) is 0 Å². The first-order chi connectivity index (χ1) is 10.1. The number of nitrogens with one attached hydrogen (secondary N) is 2. The van der Waals surface area contributed by atoms with Gasteiger partial charge in [-0.25, -0.2) is 4.98 Å². The molecule has 114 valence electrons. The molecule has 0 aliphatic heterocycles. The van der Waals surface area contributed by atoms with E-state index in [0.717, 1.165) is 29.7 Å². The fraction of sp³-hybridized carbons (Fsp3) is 0.500. The number of nitrogens with zero attached hydrogens (tertiary/aromatic N) is 1. The van der Waals surface area contributed by atoms with Crippen LogP contribution < -0.4 is 11.1 Å². The molecule has 0 radical (unpaired) electrons. The van der Waals surface area contributed by atoms with Crippen molar-refractivity contribution in [2.24, 2.45) is 11.1 Å². The lowest BCUT2D eigenvalue weighted by atomic mass is 9.81. The van der Waals surface area contributed by atoms with Gasteiger partial charge < -0.3 is 16.0 Å². The number of carbonyl (C=O) groups is 1. The molecule has 5 heteroatoms. The molecule has 0 spiro atoms. The average molecular weight is 288 g/mol. The molecule has 0 atom stereocenters. The highest BCUT2D eigenvalue weighted by Crippen LogP contribution is 2.24. The molecule has 0 aliphatic rings. The summed E-state index contributed by atoms with van der Waals surface area (Å²) in [6.07, 6.45) is 2.21. The maximum atomic E-state index is 12.3. The minimum atomic E-state index is -0.437. The number of hydrogen-bond acceptors (Lipinski definition) is 3. The molecule has 2 aromatic rings. The summed E-state index contributed by atoms with van der Waals surface area (Å²) in [6, 6.07) is 7.91. The summed E-state index contributed by atoms with van der Waals surface area (Å²) in [6.45, 7) is 4.97. The van der Waals surface area contributed by atoms with Crippen LogP contribution in [-0.2, 0) is 11.2 Å². The van der Waals surface area contributed by atoms with Crippen LogP contribution in [0.15, 0.2) is 24.3 Å². The second-order valence-corrected chi connectivity index (χ2v) is 5.40. The number of amides is 1. The van der Waals surface area contributed by atoms with E-state index in [9.17, 15) is 4.79 Å². The van der Waals surface area contributed by atoms with Crippen LogP contribution in [-0.4, -0.2) is 29.0 Å². The SMILES string of the molecule is CCC(CC)(CN)C(=O)NCCc1nc2ccccc2[nH]1. The fourth-order valence-corrected chi connectivity index (χ4v) is 2.56. The number of aromatic amines is 1. The number of carbonyl (C=O) groups excluding carboxylic acids is 1. The average Bonchev–Trinajstić information content (AvgIpc) is 2.92. The normalized spacial score (nSPS) is 11.8. The van der Waals surface area contributed by atoms with Gasteiger partial charge in [0.05, 0.1) is 16.4 Å². The maximum Gasteiger partial charge on any atom is 0.227 e. The lowest BCUT2D eigenvalue weighted by molar-refractivity contribution is -0.131. The van der Waals surface area contributed by atoms with Gasteiger partial charge in [0, 0.05) is 19.5 Å². The third kappa shape index (κ3) is 3.24. The number of imidazole rings is 1. The van der Waals surface area contributed by atoms with Crippen LogP contribution in [0.5, 0.6) is 0 Å². The van der Waals surface area contributed by atoms with Crippen LogP contribution >= 0.6 is 0 Å². The van der Waals surface area contributed by atoms with Crippen molar-refractivity contribution < 1.29 is 4.79 Å². The Kier molecular flexibility index (Phi) is 4.96. The van der Waals surface area contributed by atoms with Crippen LogP contribution in [0.25, 0.3) is 11.0 Å². The van der Waals surface area contributed by atoms with Crippen LogP contribution in [0.4, 0.5) is 0 Å². The van der Waals surface area contributed by atoms with E-state index in [2.05, 4.69) is 15.3 Å². The van der Waals surface area contributed by atoms with Crippen molar-refractivity contribution in [2.45, 2.75) is 33.1 Å². The Hall–Kier alpha value is -1.88. The molecule has 0 fully saturated rings. The van der Waals surface area contributed by atoms with E-state index < -0.39 is 5.41 Å².